The summed E-state index contributed by atoms with van der Waals surface area (Å²) in [5.74, 6) is 1.04. The number of likely N-dealkylation sites (tertiary alicyclic amines) is 1. The highest BCUT2D eigenvalue weighted by atomic mass is 19.4. The third kappa shape index (κ3) is 3.62. The molecule has 0 saturated carbocycles. The van der Waals surface area contributed by atoms with Crippen molar-refractivity contribution in [2.75, 3.05) is 31.5 Å². The number of anilines is 2. The highest BCUT2D eigenvalue weighted by molar-refractivity contribution is 5.99. The minimum absolute atomic E-state index is 0.146. The maximum atomic E-state index is 13.0. The number of hydrogen-bond acceptors (Lipinski definition) is 4. The molecule has 27 heavy (non-hydrogen) atoms. The fraction of sp³-hybridized carbons (Fsp3) is 0.368. The van der Waals surface area contributed by atoms with Gasteiger partial charge in [0.15, 0.2) is 0 Å². The van der Waals surface area contributed by atoms with E-state index in [-0.39, 0.29) is 17.4 Å². The summed E-state index contributed by atoms with van der Waals surface area (Å²) in [6.07, 6.45) is -2.92. The topological polar surface area (TPSA) is 57.3 Å². The zero-order valence-electron chi connectivity index (χ0n) is 14.5. The summed E-state index contributed by atoms with van der Waals surface area (Å²) in [6.45, 7) is 3.20. The van der Waals surface area contributed by atoms with E-state index < -0.39 is 11.7 Å². The molecule has 2 fully saturated rings. The van der Waals surface area contributed by atoms with Crippen LogP contribution in [0.2, 0.25) is 0 Å². The molecule has 0 spiro atoms. The van der Waals surface area contributed by atoms with Crippen LogP contribution in [0.1, 0.15) is 15.9 Å². The summed E-state index contributed by atoms with van der Waals surface area (Å²) < 4.78 is 38.8. The largest absolute Gasteiger partial charge is 0.416 e. The molecule has 1 amide bonds. The first-order chi connectivity index (χ1) is 12.9. The monoisotopic (exact) mass is 376 g/mol. The number of fused-ring (bicyclic) bond motifs is 1. The van der Waals surface area contributed by atoms with Crippen LogP contribution in [0.5, 0.6) is 0 Å². The van der Waals surface area contributed by atoms with E-state index in [9.17, 15) is 18.0 Å². The van der Waals surface area contributed by atoms with Gasteiger partial charge in [-0.05, 0) is 42.2 Å². The Morgan fingerprint density at radius 1 is 1.15 bits per heavy atom. The standard InChI is InChI=1S/C19H19F3N4O/c20-19(21,22)14-3-1-4-15(7-14)25-17-16(5-2-6-24-17)18(27)26-10-12-8-23-9-13(12)11-26/h1-7,12-13,23H,8-11H2,(H,24,25)/t12-,13+. The number of benzene rings is 1. The summed E-state index contributed by atoms with van der Waals surface area (Å²) in [7, 11) is 0. The highest BCUT2D eigenvalue weighted by Gasteiger charge is 2.38. The van der Waals surface area contributed by atoms with Gasteiger partial charge >= 0.3 is 6.18 Å². The number of hydrogen-bond donors (Lipinski definition) is 2. The van der Waals surface area contributed by atoms with Crippen LogP contribution in [0.25, 0.3) is 0 Å². The van der Waals surface area contributed by atoms with E-state index in [0.717, 1.165) is 25.2 Å². The Kier molecular flexibility index (Phi) is 4.51. The molecule has 2 aliphatic rings. The summed E-state index contributed by atoms with van der Waals surface area (Å²) >= 11 is 0. The van der Waals surface area contributed by atoms with Gasteiger partial charge in [-0.2, -0.15) is 13.2 Å². The smallest absolute Gasteiger partial charge is 0.340 e. The summed E-state index contributed by atoms with van der Waals surface area (Å²) in [6, 6.07) is 8.16. The van der Waals surface area contributed by atoms with Crippen LogP contribution < -0.4 is 10.6 Å². The molecule has 8 heteroatoms. The Hall–Kier alpha value is -2.61. The van der Waals surface area contributed by atoms with Gasteiger partial charge in [0.1, 0.15) is 5.82 Å². The molecule has 2 aliphatic heterocycles. The van der Waals surface area contributed by atoms with Crippen LogP contribution in [0, 0.1) is 11.8 Å². The van der Waals surface area contributed by atoms with E-state index in [1.807, 2.05) is 4.90 Å². The first-order valence-electron chi connectivity index (χ1n) is 8.81. The maximum absolute atomic E-state index is 13.0. The number of nitrogens with one attached hydrogen (secondary N) is 2. The van der Waals surface area contributed by atoms with E-state index in [4.69, 9.17) is 0 Å². The number of aromatic nitrogens is 1. The molecule has 4 rings (SSSR count). The summed E-state index contributed by atoms with van der Waals surface area (Å²) in [5, 5.41) is 6.20. The number of nitrogens with zero attached hydrogens (tertiary/aromatic N) is 2. The Morgan fingerprint density at radius 2 is 1.89 bits per heavy atom. The molecular weight excluding hydrogens is 357 g/mol. The van der Waals surface area contributed by atoms with E-state index >= 15 is 0 Å². The van der Waals surface area contributed by atoms with Crippen molar-refractivity contribution < 1.29 is 18.0 Å². The predicted octanol–water partition coefficient (Wildman–Crippen LogP) is 3.14. The SMILES string of the molecule is O=C(c1cccnc1Nc1cccc(C(F)(F)F)c1)N1C[C@H]2CNC[C@H]2C1. The van der Waals surface area contributed by atoms with Gasteiger partial charge in [-0.3, -0.25) is 4.79 Å². The maximum Gasteiger partial charge on any atom is 0.416 e. The number of amides is 1. The molecule has 0 aliphatic carbocycles. The van der Waals surface area contributed by atoms with Gasteiger partial charge in [0.25, 0.3) is 5.91 Å². The molecule has 0 bridgehead atoms. The molecular formula is C19H19F3N4O. The third-order valence-electron chi connectivity index (χ3n) is 5.17. The lowest BCUT2D eigenvalue weighted by molar-refractivity contribution is -0.137. The second-order valence-electron chi connectivity index (χ2n) is 6.99. The van der Waals surface area contributed by atoms with Gasteiger partial charge in [0.2, 0.25) is 0 Å². The van der Waals surface area contributed by atoms with Crippen molar-refractivity contribution in [2.45, 2.75) is 6.18 Å². The molecule has 0 radical (unpaired) electrons. The van der Waals surface area contributed by atoms with E-state index in [1.54, 1.807) is 12.1 Å². The molecule has 1 aromatic heterocycles. The number of alkyl halides is 3. The third-order valence-corrected chi connectivity index (χ3v) is 5.17. The zero-order valence-corrected chi connectivity index (χ0v) is 14.5. The molecule has 142 valence electrons. The van der Waals surface area contributed by atoms with Crippen molar-refractivity contribution in [2.24, 2.45) is 11.8 Å². The lowest BCUT2D eigenvalue weighted by atomic mass is 10.0. The molecule has 0 unspecified atom stereocenters. The fourth-order valence-corrected chi connectivity index (χ4v) is 3.78. The minimum atomic E-state index is -4.43. The van der Waals surface area contributed by atoms with Gasteiger partial charge in [0, 0.05) is 38.1 Å². The average molecular weight is 376 g/mol. The second-order valence-corrected chi connectivity index (χ2v) is 6.99. The lowest BCUT2D eigenvalue weighted by Crippen LogP contribution is -2.32. The second kappa shape index (κ2) is 6.84. The quantitative estimate of drug-likeness (QED) is 0.864. The van der Waals surface area contributed by atoms with Crippen LogP contribution in [0.4, 0.5) is 24.7 Å². The molecule has 3 heterocycles. The predicted molar refractivity (Wildman–Crippen MR) is 94.7 cm³/mol. The van der Waals surface area contributed by atoms with Crippen molar-refractivity contribution in [3.8, 4) is 0 Å². The lowest BCUT2D eigenvalue weighted by Gasteiger charge is -2.19. The van der Waals surface area contributed by atoms with Gasteiger partial charge in [0.05, 0.1) is 11.1 Å². The summed E-state index contributed by atoms with van der Waals surface area (Å²) in [4.78, 5) is 18.9. The normalized spacial score (nSPS) is 22.0. The van der Waals surface area contributed by atoms with Crippen molar-refractivity contribution in [1.82, 2.24) is 15.2 Å². The van der Waals surface area contributed by atoms with Crippen LogP contribution in [0.15, 0.2) is 42.6 Å². The number of halogens is 3. The molecule has 2 aromatic rings. The van der Waals surface area contributed by atoms with Gasteiger partial charge < -0.3 is 15.5 Å². The minimum Gasteiger partial charge on any atom is -0.340 e. The van der Waals surface area contributed by atoms with Crippen molar-refractivity contribution in [3.63, 3.8) is 0 Å². The number of carbonyl (C=O) groups excluding carboxylic acids is 1. The number of pyridine rings is 1. The van der Waals surface area contributed by atoms with Crippen LogP contribution in [-0.4, -0.2) is 42.0 Å². The van der Waals surface area contributed by atoms with Crippen molar-refractivity contribution >= 4 is 17.4 Å². The van der Waals surface area contributed by atoms with Crippen molar-refractivity contribution in [1.29, 1.82) is 0 Å². The highest BCUT2D eigenvalue weighted by Crippen LogP contribution is 2.32. The Bertz CT molecular complexity index is 843. The summed E-state index contributed by atoms with van der Waals surface area (Å²) in [5.41, 5.74) is -0.154. The molecule has 2 N–H and O–H groups in total. The van der Waals surface area contributed by atoms with Gasteiger partial charge in [-0.1, -0.05) is 6.07 Å². The fourth-order valence-electron chi connectivity index (χ4n) is 3.78. The van der Waals surface area contributed by atoms with E-state index in [1.165, 1.54) is 18.3 Å². The van der Waals surface area contributed by atoms with Crippen LogP contribution in [-0.2, 0) is 6.18 Å². The van der Waals surface area contributed by atoms with Gasteiger partial charge in [-0.15, -0.1) is 0 Å². The van der Waals surface area contributed by atoms with E-state index in [2.05, 4.69) is 15.6 Å². The van der Waals surface area contributed by atoms with E-state index in [0.29, 0.717) is 30.5 Å². The first kappa shape index (κ1) is 17.8. The first-order valence-corrected chi connectivity index (χ1v) is 8.81. The molecule has 2 atom stereocenters. The molecule has 2 saturated heterocycles. The average Bonchev–Trinajstić information content (AvgIpc) is 3.23. The zero-order chi connectivity index (χ0) is 19.0. The van der Waals surface area contributed by atoms with Crippen LogP contribution in [0.3, 0.4) is 0 Å². The Balaban J connectivity index is 1.56. The van der Waals surface area contributed by atoms with Gasteiger partial charge in [-0.25, -0.2) is 4.98 Å². The van der Waals surface area contributed by atoms with Crippen LogP contribution >= 0.6 is 0 Å². The molecule has 1 aromatic carbocycles. The number of rotatable bonds is 3. The Morgan fingerprint density at radius 3 is 2.59 bits per heavy atom. The Labute approximate surface area is 154 Å². The number of carbonyl (C=O) groups is 1. The molecule has 5 nitrogen and oxygen atoms in total. The van der Waals surface area contributed by atoms with Crippen molar-refractivity contribution in [3.05, 3.63) is 53.7 Å².